The van der Waals surface area contributed by atoms with Crippen LogP contribution in [0.15, 0.2) is 23.4 Å². The summed E-state index contributed by atoms with van der Waals surface area (Å²) in [5, 5.41) is 22.7. The number of hydrogen-bond donors (Lipinski definition) is 2. The number of aliphatic hydroxyl groups is 2. The number of hydrogen-bond acceptors (Lipinski definition) is 4. The molecule has 0 aliphatic rings. The average molecular weight is 222 g/mol. The molecule has 6 heteroatoms. The molecule has 0 radical (unpaired) electrons. The zero-order valence-electron chi connectivity index (χ0n) is 8.98. The molecule has 6 nitrogen and oxygen atoms in total. The van der Waals surface area contributed by atoms with Gasteiger partial charge in [-0.3, -0.25) is 4.98 Å². The van der Waals surface area contributed by atoms with E-state index in [0.717, 1.165) is 5.56 Å². The van der Waals surface area contributed by atoms with Crippen molar-refractivity contribution in [2.24, 2.45) is 5.11 Å². The fraction of sp³-hybridized carbons (Fsp3) is 0.500. The van der Waals surface area contributed by atoms with Gasteiger partial charge in [-0.2, -0.15) is 0 Å². The summed E-state index contributed by atoms with van der Waals surface area (Å²) in [6.45, 7) is 2.03. The number of aromatic nitrogens is 1. The molecule has 2 N–H and O–H groups in total. The first-order chi connectivity index (χ1) is 7.65. The number of azide groups is 1. The van der Waals surface area contributed by atoms with Crippen LogP contribution in [0.3, 0.4) is 0 Å². The molecule has 0 saturated heterocycles. The molecule has 0 saturated carbocycles. The molecule has 0 spiro atoms. The Morgan fingerprint density at radius 1 is 1.56 bits per heavy atom. The highest BCUT2D eigenvalue weighted by Crippen LogP contribution is 2.17. The monoisotopic (exact) mass is 222 g/mol. The highest BCUT2D eigenvalue weighted by Gasteiger charge is 2.18. The van der Waals surface area contributed by atoms with Crippen molar-refractivity contribution in [2.45, 2.75) is 25.6 Å². The van der Waals surface area contributed by atoms with Crippen LogP contribution in [-0.2, 0) is 0 Å². The van der Waals surface area contributed by atoms with E-state index < -0.39 is 12.2 Å². The molecule has 0 bridgehead atoms. The van der Waals surface area contributed by atoms with E-state index in [-0.39, 0.29) is 13.0 Å². The molecule has 1 heterocycles. The van der Waals surface area contributed by atoms with Crippen molar-refractivity contribution in [3.63, 3.8) is 0 Å². The first-order valence-electron chi connectivity index (χ1n) is 4.94. The van der Waals surface area contributed by atoms with Crippen LogP contribution in [0.2, 0.25) is 0 Å². The maximum atomic E-state index is 9.77. The van der Waals surface area contributed by atoms with E-state index in [1.807, 2.05) is 13.0 Å². The van der Waals surface area contributed by atoms with Crippen LogP contribution in [0.4, 0.5) is 0 Å². The van der Waals surface area contributed by atoms with Crippen molar-refractivity contribution in [3.8, 4) is 0 Å². The molecule has 0 aliphatic carbocycles. The SMILES string of the molecule is Cc1ccnc(C(O)C(O)CCN=[N+]=[N-])c1. The zero-order chi connectivity index (χ0) is 12.0. The number of pyridine rings is 1. The second-order valence-corrected chi connectivity index (χ2v) is 3.51. The minimum atomic E-state index is -1.05. The summed E-state index contributed by atoms with van der Waals surface area (Å²) >= 11 is 0. The molecule has 0 aliphatic heterocycles. The number of nitrogens with zero attached hydrogens (tertiary/aromatic N) is 4. The predicted octanol–water partition coefficient (Wildman–Crippen LogP) is 1.48. The lowest BCUT2D eigenvalue weighted by Gasteiger charge is -2.16. The maximum absolute atomic E-state index is 9.77. The predicted molar refractivity (Wildman–Crippen MR) is 58.6 cm³/mol. The second kappa shape index (κ2) is 6.07. The lowest BCUT2D eigenvalue weighted by atomic mass is 10.1. The van der Waals surface area contributed by atoms with Gasteiger partial charge in [0.15, 0.2) is 0 Å². The number of rotatable bonds is 5. The summed E-state index contributed by atoms with van der Waals surface area (Å²) in [5.74, 6) is 0. The third-order valence-electron chi connectivity index (χ3n) is 2.19. The smallest absolute Gasteiger partial charge is 0.122 e. The van der Waals surface area contributed by atoms with Crippen molar-refractivity contribution < 1.29 is 10.2 Å². The van der Waals surface area contributed by atoms with Gasteiger partial charge < -0.3 is 10.2 Å². The number of aliphatic hydroxyl groups excluding tert-OH is 2. The molecule has 1 aromatic rings. The molecular formula is C10H14N4O2. The van der Waals surface area contributed by atoms with Crippen LogP contribution >= 0.6 is 0 Å². The third-order valence-corrected chi connectivity index (χ3v) is 2.19. The standard InChI is InChI=1S/C10H14N4O2/c1-7-2-4-12-8(6-7)10(16)9(15)3-5-13-14-11/h2,4,6,9-10,15-16H,3,5H2,1H3. The zero-order valence-corrected chi connectivity index (χ0v) is 8.98. The van der Waals surface area contributed by atoms with Gasteiger partial charge >= 0.3 is 0 Å². The summed E-state index contributed by atoms with van der Waals surface area (Å²) in [6, 6.07) is 3.52. The first-order valence-corrected chi connectivity index (χ1v) is 4.94. The molecule has 2 unspecified atom stereocenters. The van der Waals surface area contributed by atoms with E-state index in [9.17, 15) is 10.2 Å². The summed E-state index contributed by atoms with van der Waals surface area (Å²) in [5.41, 5.74) is 9.46. The van der Waals surface area contributed by atoms with Gasteiger partial charge in [0.25, 0.3) is 0 Å². The van der Waals surface area contributed by atoms with Gasteiger partial charge in [0.1, 0.15) is 6.10 Å². The van der Waals surface area contributed by atoms with E-state index >= 15 is 0 Å². The fourth-order valence-corrected chi connectivity index (χ4v) is 1.31. The topological polar surface area (TPSA) is 102 Å². The van der Waals surface area contributed by atoms with Crippen LogP contribution in [-0.4, -0.2) is 27.8 Å². The van der Waals surface area contributed by atoms with Crippen LogP contribution in [0, 0.1) is 6.92 Å². The van der Waals surface area contributed by atoms with Crippen molar-refractivity contribution in [1.29, 1.82) is 0 Å². The molecule has 0 fully saturated rings. The maximum Gasteiger partial charge on any atom is 0.122 e. The molecule has 2 atom stereocenters. The average Bonchev–Trinajstić information content (AvgIpc) is 2.28. The summed E-state index contributed by atoms with van der Waals surface area (Å²) in [6.07, 6.45) is -0.233. The van der Waals surface area contributed by atoms with E-state index in [0.29, 0.717) is 5.69 Å². The van der Waals surface area contributed by atoms with Crippen LogP contribution in [0.5, 0.6) is 0 Å². The van der Waals surface area contributed by atoms with Gasteiger partial charge in [-0.05, 0) is 36.6 Å². The van der Waals surface area contributed by atoms with Crippen molar-refractivity contribution in [2.75, 3.05) is 6.54 Å². The van der Waals surface area contributed by atoms with Gasteiger partial charge in [0.2, 0.25) is 0 Å². The van der Waals surface area contributed by atoms with E-state index in [1.165, 1.54) is 0 Å². The van der Waals surface area contributed by atoms with Gasteiger partial charge in [0, 0.05) is 17.7 Å². The molecule has 0 amide bonds. The second-order valence-electron chi connectivity index (χ2n) is 3.51. The van der Waals surface area contributed by atoms with Gasteiger partial charge in [-0.15, -0.1) is 0 Å². The number of aryl methyl sites for hydroxylation is 1. The molecule has 86 valence electrons. The molecule has 1 aromatic heterocycles. The Bertz CT molecular complexity index is 390. The summed E-state index contributed by atoms with van der Waals surface area (Å²) < 4.78 is 0. The van der Waals surface area contributed by atoms with Crippen LogP contribution in [0.25, 0.3) is 10.4 Å². The van der Waals surface area contributed by atoms with Crippen LogP contribution in [0.1, 0.15) is 23.8 Å². The quantitative estimate of drug-likeness (QED) is 0.448. The first kappa shape index (κ1) is 12.4. The Balaban J connectivity index is 2.62. The third kappa shape index (κ3) is 3.51. The normalized spacial score (nSPS) is 13.9. The Morgan fingerprint density at radius 3 is 2.94 bits per heavy atom. The van der Waals surface area contributed by atoms with Gasteiger partial charge in [0.05, 0.1) is 11.8 Å². The Morgan fingerprint density at radius 2 is 2.31 bits per heavy atom. The van der Waals surface area contributed by atoms with E-state index in [4.69, 9.17) is 5.53 Å². The lowest BCUT2D eigenvalue weighted by molar-refractivity contribution is 0.0125. The summed E-state index contributed by atoms with van der Waals surface area (Å²) in [4.78, 5) is 6.55. The van der Waals surface area contributed by atoms with Gasteiger partial charge in [-0.1, -0.05) is 5.11 Å². The minimum Gasteiger partial charge on any atom is -0.390 e. The highest BCUT2D eigenvalue weighted by molar-refractivity contribution is 5.16. The molecule has 1 rings (SSSR count). The molecular weight excluding hydrogens is 208 g/mol. The largest absolute Gasteiger partial charge is 0.390 e. The summed E-state index contributed by atoms with van der Waals surface area (Å²) in [7, 11) is 0. The molecule has 0 aromatic carbocycles. The van der Waals surface area contributed by atoms with Crippen molar-refractivity contribution in [1.82, 2.24) is 4.98 Å². The van der Waals surface area contributed by atoms with Crippen molar-refractivity contribution in [3.05, 3.63) is 40.0 Å². The van der Waals surface area contributed by atoms with E-state index in [2.05, 4.69) is 15.0 Å². The van der Waals surface area contributed by atoms with Crippen LogP contribution < -0.4 is 0 Å². The Kier molecular flexibility index (Phi) is 4.72. The molecule has 16 heavy (non-hydrogen) atoms. The van der Waals surface area contributed by atoms with E-state index in [1.54, 1.807) is 12.3 Å². The Labute approximate surface area is 93.2 Å². The van der Waals surface area contributed by atoms with Gasteiger partial charge in [-0.25, -0.2) is 0 Å². The van der Waals surface area contributed by atoms with Crippen molar-refractivity contribution >= 4 is 0 Å². The lowest BCUT2D eigenvalue weighted by Crippen LogP contribution is -2.20. The Hall–Kier alpha value is -1.62. The minimum absolute atomic E-state index is 0.153. The fourth-order valence-electron chi connectivity index (χ4n) is 1.31. The highest BCUT2D eigenvalue weighted by atomic mass is 16.3.